The molecule has 20 heavy (non-hydrogen) atoms. The van der Waals surface area contributed by atoms with E-state index in [1.165, 1.54) is 0 Å². The van der Waals surface area contributed by atoms with Gasteiger partial charge in [0.25, 0.3) is 0 Å². The Morgan fingerprint density at radius 3 is 2.55 bits per heavy atom. The van der Waals surface area contributed by atoms with Crippen LogP contribution in [0.2, 0.25) is 5.15 Å². The molecule has 1 fully saturated rings. The molecule has 3 rings (SSSR count). The van der Waals surface area contributed by atoms with Crippen LogP contribution in [0.1, 0.15) is 39.2 Å². The minimum absolute atomic E-state index is 0.0840. The second-order valence-corrected chi connectivity index (χ2v) is 6.69. The van der Waals surface area contributed by atoms with Crippen LogP contribution in [-0.4, -0.2) is 15.6 Å². The van der Waals surface area contributed by atoms with Crippen molar-refractivity contribution in [2.45, 2.75) is 44.8 Å². The standard InChI is InChI=1S/C15H18ClN3O/c1-14(2,17)11-8-19-13(20-15(3)4-5-15)10-7-18-12(16)6-9(10)11/h6-8H,4-5,17H2,1-3H3. The number of fused-ring (bicyclic) bond motifs is 1. The van der Waals surface area contributed by atoms with E-state index in [-0.39, 0.29) is 5.60 Å². The van der Waals surface area contributed by atoms with Gasteiger partial charge in [0.15, 0.2) is 0 Å². The molecule has 4 nitrogen and oxygen atoms in total. The summed E-state index contributed by atoms with van der Waals surface area (Å²) in [5.41, 5.74) is 6.57. The van der Waals surface area contributed by atoms with Gasteiger partial charge in [0, 0.05) is 17.9 Å². The van der Waals surface area contributed by atoms with E-state index in [0.717, 1.165) is 29.2 Å². The first kappa shape index (κ1) is 13.6. The zero-order valence-electron chi connectivity index (χ0n) is 11.9. The van der Waals surface area contributed by atoms with E-state index in [0.29, 0.717) is 11.0 Å². The van der Waals surface area contributed by atoms with Gasteiger partial charge < -0.3 is 10.5 Å². The van der Waals surface area contributed by atoms with E-state index in [1.807, 2.05) is 19.9 Å². The molecule has 0 radical (unpaired) electrons. The monoisotopic (exact) mass is 291 g/mol. The fraction of sp³-hybridized carbons (Fsp3) is 0.467. The topological polar surface area (TPSA) is 61.0 Å². The molecule has 0 bridgehead atoms. The number of ether oxygens (including phenoxy) is 1. The maximum absolute atomic E-state index is 6.22. The minimum atomic E-state index is -0.502. The lowest BCUT2D eigenvalue weighted by Gasteiger charge is -2.22. The van der Waals surface area contributed by atoms with E-state index >= 15 is 0 Å². The highest BCUT2D eigenvalue weighted by Crippen LogP contribution is 2.41. The quantitative estimate of drug-likeness (QED) is 0.880. The highest BCUT2D eigenvalue weighted by Gasteiger charge is 2.41. The Hall–Kier alpha value is -1.39. The second-order valence-electron chi connectivity index (χ2n) is 6.30. The van der Waals surface area contributed by atoms with Crippen LogP contribution in [-0.2, 0) is 5.54 Å². The van der Waals surface area contributed by atoms with E-state index in [2.05, 4.69) is 16.9 Å². The van der Waals surface area contributed by atoms with Crippen LogP contribution in [0.25, 0.3) is 10.8 Å². The summed E-state index contributed by atoms with van der Waals surface area (Å²) in [4.78, 5) is 8.59. The number of halogens is 1. The average molecular weight is 292 g/mol. The highest BCUT2D eigenvalue weighted by molar-refractivity contribution is 6.30. The first-order chi connectivity index (χ1) is 9.28. The second kappa shape index (κ2) is 4.30. The fourth-order valence-corrected chi connectivity index (χ4v) is 2.35. The van der Waals surface area contributed by atoms with Gasteiger partial charge in [0.2, 0.25) is 5.88 Å². The third-order valence-electron chi connectivity index (χ3n) is 3.69. The summed E-state index contributed by atoms with van der Waals surface area (Å²) in [7, 11) is 0. The SMILES string of the molecule is CC1(Oc2ncc(C(C)(C)N)c3cc(Cl)ncc23)CC1. The molecule has 2 heterocycles. The Bertz CT molecular complexity index is 675. The summed E-state index contributed by atoms with van der Waals surface area (Å²) in [6.07, 6.45) is 5.60. The molecule has 5 heteroatoms. The molecule has 0 unspecified atom stereocenters. The highest BCUT2D eigenvalue weighted by atomic mass is 35.5. The van der Waals surface area contributed by atoms with Gasteiger partial charge in [-0.3, -0.25) is 0 Å². The number of nitrogens with two attached hydrogens (primary N) is 1. The summed E-state index contributed by atoms with van der Waals surface area (Å²) in [6, 6.07) is 1.82. The molecule has 0 amide bonds. The predicted molar refractivity (Wildman–Crippen MR) is 80.0 cm³/mol. The van der Waals surface area contributed by atoms with E-state index in [1.54, 1.807) is 12.4 Å². The van der Waals surface area contributed by atoms with E-state index < -0.39 is 5.54 Å². The van der Waals surface area contributed by atoms with Gasteiger partial charge in [-0.15, -0.1) is 0 Å². The van der Waals surface area contributed by atoms with Gasteiger partial charge in [-0.2, -0.15) is 0 Å². The number of nitrogens with zero attached hydrogens (tertiary/aromatic N) is 2. The van der Waals surface area contributed by atoms with Crippen molar-refractivity contribution in [1.82, 2.24) is 9.97 Å². The lowest BCUT2D eigenvalue weighted by Crippen LogP contribution is -2.29. The number of hydrogen-bond donors (Lipinski definition) is 1. The van der Waals surface area contributed by atoms with Gasteiger partial charge in [-0.25, -0.2) is 9.97 Å². The zero-order valence-corrected chi connectivity index (χ0v) is 12.7. The maximum atomic E-state index is 6.22. The maximum Gasteiger partial charge on any atom is 0.223 e. The lowest BCUT2D eigenvalue weighted by molar-refractivity contribution is 0.194. The van der Waals surface area contributed by atoms with Crippen molar-refractivity contribution < 1.29 is 4.74 Å². The summed E-state index contributed by atoms with van der Waals surface area (Å²) in [5, 5.41) is 2.25. The van der Waals surface area contributed by atoms with Crippen molar-refractivity contribution in [2.75, 3.05) is 0 Å². The first-order valence-electron chi connectivity index (χ1n) is 6.71. The molecule has 0 atom stereocenters. The summed E-state index contributed by atoms with van der Waals surface area (Å²) in [5.74, 6) is 0.608. The molecule has 0 spiro atoms. The van der Waals surface area contributed by atoms with Crippen LogP contribution in [0.4, 0.5) is 0 Å². The smallest absolute Gasteiger partial charge is 0.223 e. The lowest BCUT2D eigenvalue weighted by atomic mass is 9.93. The third kappa shape index (κ3) is 2.45. The molecule has 2 aromatic heterocycles. The van der Waals surface area contributed by atoms with E-state index in [4.69, 9.17) is 22.1 Å². The van der Waals surface area contributed by atoms with Gasteiger partial charge in [-0.05, 0) is 50.6 Å². The van der Waals surface area contributed by atoms with Crippen LogP contribution >= 0.6 is 11.6 Å². The van der Waals surface area contributed by atoms with Crippen molar-refractivity contribution in [1.29, 1.82) is 0 Å². The molecule has 0 aliphatic heterocycles. The molecule has 1 saturated carbocycles. The molecule has 106 valence electrons. The summed E-state index contributed by atoms with van der Waals surface area (Å²) >= 11 is 6.03. The predicted octanol–water partition coefficient (Wildman–Crippen LogP) is 3.41. The molecular formula is C15H18ClN3O. The van der Waals surface area contributed by atoms with Crippen molar-refractivity contribution in [2.24, 2.45) is 5.73 Å². The van der Waals surface area contributed by atoms with Gasteiger partial charge in [-0.1, -0.05) is 11.6 Å². The minimum Gasteiger partial charge on any atom is -0.471 e. The molecule has 0 aromatic carbocycles. The zero-order chi connectivity index (χ0) is 14.5. The van der Waals surface area contributed by atoms with Gasteiger partial charge >= 0.3 is 0 Å². The van der Waals surface area contributed by atoms with Gasteiger partial charge in [0.1, 0.15) is 10.8 Å². The van der Waals surface area contributed by atoms with Crippen molar-refractivity contribution in [3.63, 3.8) is 0 Å². The Morgan fingerprint density at radius 2 is 1.95 bits per heavy atom. The van der Waals surface area contributed by atoms with Crippen molar-refractivity contribution in [3.05, 3.63) is 29.2 Å². The van der Waals surface area contributed by atoms with Crippen molar-refractivity contribution >= 4 is 22.4 Å². The molecule has 0 saturated heterocycles. The fourth-order valence-electron chi connectivity index (χ4n) is 2.19. The Balaban J connectivity index is 2.20. The van der Waals surface area contributed by atoms with Crippen LogP contribution < -0.4 is 10.5 Å². The first-order valence-corrected chi connectivity index (χ1v) is 7.09. The number of aromatic nitrogens is 2. The molecule has 1 aliphatic rings. The largest absolute Gasteiger partial charge is 0.471 e. The van der Waals surface area contributed by atoms with Crippen LogP contribution in [0.5, 0.6) is 5.88 Å². The summed E-state index contributed by atoms with van der Waals surface area (Å²) in [6.45, 7) is 5.98. The Kier molecular flexibility index (Phi) is 2.92. The van der Waals surface area contributed by atoms with Crippen LogP contribution in [0.15, 0.2) is 18.5 Å². The molecule has 2 aromatic rings. The molecular weight excluding hydrogens is 274 g/mol. The third-order valence-corrected chi connectivity index (χ3v) is 3.90. The Morgan fingerprint density at radius 1 is 1.25 bits per heavy atom. The number of pyridine rings is 2. The molecule has 2 N–H and O–H groups in total. The molecule has 1 aliphatic carbocycles. The Labute approximate surface area is 123 Å². The number of hydrogen-bond acceptors (Lipinski definition) is 4. The van der Waals surface area contributed by atoms with Crippen LogP contribution in [0, 0.1) is 0 Å². The summed E-state index contributed by atoms with van der Waals surface area (Å²) < 4.78 is 6.00. The average Bonchev–Trinajstić information content (AvgIpc) is 3.05. The van der Waals surface area contributed by atoms with Crippen molar-refractivity contribution in [3.8, 4) is 5.88 Å². The normalized spacial score (nSPS) is 17.2. The number of rotatable bonds is 3. The van der Waals surface area contributed by atoms with Crippen LogP contribution in [0.3, 0.4) is 0 Å². The van der Waals surface area contributed by atoms with E-state index in [9.17, 15) is 0 Å². The van der Waals surface area contributed by atoms with Gasteiger partial charge in [0.05, 0.1) is 5.39 Å².